The summed E-state index contributed by atoms with van der Waals surface area (Å²) < 4.78 is 5.72. The summed E-state index contributed by atoms with van der Waals surface area (Å²) in [5, 5.41) is 3.72. The number of piperidine rings is 1. The zero-order valence-corrected chi connectivity index (χ0v) is 14.3. The normalized spacial score (nSPS) is 29.1. The summed E-state index contributed by atoms with van der Waals surface area (Å²) >= 11 is 0. The Morgan fingerprint density at radius 1 is 1.19 bits per heavy atom. The van der Waals surface area contributed by atoms with Crippen molar-refractivity contribution in [2.24, 2.45) is 11.8 Å². The van der Waals surface area contributed by atoms with Crippen LogP contribution >= 0.6 is 0 Å². The molecule has 2 heterocycles. The van der Waals surface area contributed by atoms with E-state index in [1.165, 1.54) is 51.9 Å². The first-order valence-electron chi connectivity index (χ1n) is 8.87. The van der Waals surface area contributed by atoms with Gasteiger partial charge in [0.15, 0.2) is 0 Å². The molecule has 0 radical (unpaired) electrons. The molecular weight excluding hydrogens is 262 g/mol. The van der Waals surface area contributed by atoms with Crippen LogP contribution in [0.25, 0.3) is 0 Å². The highest BCUT2D eigenvalue weighted by Gasteiger charge is 2.27. The van der Waals surface area contributed by atoms with Gasteiger partial charge in [0.05, 0.1) is 6.61 Å². The minimum atomic E-state index is 0.652. The van der Waals surface area contributed by atoms with Crippen LogP contribution in [-0.2, 0) is 4.74 Å². The molecule has 2 aliphatic heterocycles. The van der Waals surface area contributed by atoms with Gasteiger partial charge in [-0.05, 0) is 65.3 Å². The molecule has 2 unspecified atom stereocenters. The van der Waals surface area contributed by atoms with E-state index in [1.54, 1.807) is 0 Å². The lowest BCUT2D eigenvalue weighted by Gasteiger charge is -2.37. The second-order valence-corrected chi connectivity index (χ2v) is 7.15. The highest BCUT2D eigenvalue weighted by molar-refractivity contribution is 4.82. The van der Waals surface area contributed by atoms with Crippen LogP contribution in [0, 0.1) is 11.8 Å². The fourth-order valence-electron chi connectivity index (χ4n) is 3.74. The van der Waals surface area contributed by atoms with Gasteiger partial charge in [0.25, 0.3) is 0 Å². The molecule has 1 N–H and O–H groups in total. The highest BCUT2D eigenvalue weighted by Crippen LogP contribution is 2.20. The zero-order chi connectivity index (χ0) is 15.1. The Kier molecular flexibility index (Phi) is 7.44. The van der Waals surface area contributed by atoms with Gasteiger partial charge in [-0.3, -0.25) is 0 Å². The van der Waals surface area contributed by atoms with E-state index in [0.29, 0.717) is 12.0 Å². The van der Waals surface area contributed by atoms with E-state index < -0.39 is 0 Å². The monoisotopic (exact) mass is 297 g/mol. The maximum Gasteiger partial charge on any atom is 0.0521 e. The third kappa shape index (κ3) is 5.85. The first kappa shape index (κ1) is 17.2. The predicted molar refractivity (Wildman–Crippen MR) is 88.7 cm³/mol. The number of hydrogen-bond acceptors (Lipinski definition) is 4. The molecule has 0 aromatic heterocycles. The van der Waals surface area contributed by atoms with Crippen LogP contribution in [0.1, 0.15) is 32.6 Å². The third-order valence-electron chi connectivity index (χ3n) is 5.08. The number of nitrogens with one attached hydrogen (secondary N) is 1. The van der Waals surface area contributed by atoms with Gasteiger partial charge in [-0.1, -0.05) is 6.92 Å². The molecule has 0 amide bonds. The zero-order valence-electron chi connectivity index (χ0n) is 14.3. The van der Waals surface area contributed by atoms with Gasteiger partial charge < -0.3 is 19.9 Å². The van der Waals surface area contributed by atoms with Crippen LogP contribution in [-0.4, -0.2) is 75.9 Å². The van der Waals surface area contributed by atoms with Gasteiger partial charge >= 0.3 is 0 Å². The standard InChI is InChI=1S/C17H35N3O/c1-4-8-18-17-7-11-21-14-16(17)13-20(3)12-15-5-9-19(2)10-6-15/h15-18H,4-14H2,1-3H3. The predicted octanol–water partition coefficient (Wildman–Crippen LogP) is 1.66. The summed E-state index contributed by atoms with van der Waals surface area (Å²) in [7, 11) is 4.53. The summed E-state index contributed by atoms with van der Waals surface area (Å²) in [4.78, 5) is 5.01. The molecule has 4 nitrogen and oxygen atoms in total. The fraction of sp³-hybridized carbons (Fsp3) is 1.00. The summed E-state index contributed by atoms with van der Waals surface area (Å²) in [6, 6.07) is 0.652. The maximum atomic E-state index is 5.72. The smallest absolute Gasteiger partial charge is 0.0521 e. The van der Waals surface area contributed by atoms with Crippen LogP contribution in [0.5, 0.6) is 0 Å². The van der Waals surface area contributed by atoms with Crippen LogP contribution in [0.2, 0.25) is 0 Å². The first-order valence-corrected chi connectivity index (χ1v) is 8.87. The highest BCUT2D eigenvalue weighted by atomic mass is 16.5. The van der Waals surface area contributed by atoms with E-state index in [9.17, 15) is 0 Å². The van der Waals surface area contributed by atoms with Crippen molar-refractivity contribution < 1.29 is 4.74 Å². The van der Waals surface area contributed by atoms with Crippen molar-refractivity contribution in [3.63, 3.8) is 0 Å². The van der Waals surface area contributed by atoms with Crippen molar-refractivity contribution in [2.75, 3.05) is 60.0 Å². The lowest BCUT2D eigenvalue weighted by atomic mass is 9.93. The minimum absolute atomic E-state index is 0.652. The Morgan fingerprint density at radius 3 is 2.67 bits per heavy atom. The molecular formula is C17H35N3O. The van der Waals surface area contributed by atoms with E-state index >= 15 is 0 Å². The molecule has 0 aromatic carbocycles. The minimum Gasteiger partial charge on any atom is -0.381 e. The second kappa shape index (κ2) is 9.09. The second-order valence-electron chi connectivity index (χ2n) is 7.15. The van der Waals surface area contributed by atoms with Crippen molar-refractivity contribution >= 4 is 0 Å². The first-order chi connectivity index (χ1) is 10.2. The van der Waals surface area contributed by atoms with Gasteiger partial charge in [0.2, 0.25) is 0 Å². The molecule has 4 heteroatoms. The number of nitrogens with zero attached hydrogens (tertiary/aromatic N) is 2. The molecule has 2 atom stereocenters. The quantitative estimate of drug-likeness (QED) is 0.773. The lowest BCUT2D eigenvalue weighted by molar-refractivity contribution is 0.0170. The number of rotatable bonds is 7. The molecule has 2 fully saturated rings. The van der Waals surface area contributed by atoms with Gasteiger partial charge in [0, 0.05) is 31.7 Å². The van der Waals surface area contributed by atoms with Crippen LogP contribution in [0.15, 0.2) is 0 Å². The third-order valence-corrected chi connectivity index (χ3v) is 5.08. The Hall–Kier alpha value is -0.160. The number of ether oxygens (including phenoxy) is 1. The van der Waals surface area contributed by atoms with Gasteiger partial charge in [-0.15, -0.1) is 0 Å². The Labute approximate surface area is 131 Å². The van der Waals surface area contributed by atoms with Crippen LogP contribution < -0.4 is 5.32 Å². The molecule has 2 aliphatic rings. The molecule has 124 valence electrons. The summed E-state index contributed by atoms with van der Waals surface area (Å²) in [5.41, 5.74) is 0. The van der Waals surface area contributed by atoms with Gasteiger partial charge in [-0.25, -0.2) is 0 Å². The SMILES string of the molecule is CCCNC1CCOCC1CN(C)CC1CCN(C)CC1. The maximum absolute atomic E-state index is 5.72. The van der Waals surface area contributed by atoms with Crippen LogP contribution in [0.4, 0.5) is 0 Å². The summed E-state index contributed by atoms with van der Waals surface area (Å²) in [5.74, 6) is 1.54. The molecule has 2 rings (SSSR count). The molecule has 2 saturated heterocycles. The van der Waals surface area contributed by atoms with E-state index in [4.69, 9.17) is 4.74 Å². The summed E-state index contributed by atoms with van der Waals surface area (Å²) in [6.07, 6.45) is 5.11. The number of hydrogen-bond donors (Lipinski definition) is 1. The van der Waals surface area contributed by atoms with Crippen molar-refractivity contribution in [2.45, 2.75) is 38.6 Å². The molecule has 0 spiro atoms. The van der Waals surface area contributed by atoms with Crippen LogP contribution in [0.3, 0.4) is 0 Å². The Balaban J connectivity index is 1.73. The Bertz CT molecular complexity index is 279. The van der Waals surface area contributed by atoms with Crippen molar-refractivity contribution in [1.82, 2.24) is 15.1 Å². The van der Waals surface area contributed by atoms with E-state index in [2.05, 4.69) is 36.1 Å². The van der Waals surface area contributed by atoms with E-state index in [1.807, 2.05) is 0 Å². The Morgan fingerprint density at radius 2 is 1.95 bits per heavy atom. The topological polar surface area (TPSA) is 27.7 Å². The average molecular weight is 297 g/mol. The average Bonchev–Trinajstić information content (AvgIpc) is 2.49. The molecule has 21 heavy (non-hydrogen) atoms. The molecule has 0 aromatic rings. The van der Waals surface area contributed by atoms with Crippen molar-refractivity contribution in [1.29, 1.82) is 0 Å². The summed E-state index contributed by atoms with van der Waals surface area (Å²) in [6.45, 7) is 10.2. The van der Waals surface area contributed by atoms with Gasteiger partial charge in [-0.2, -0.15) is 0 Å². The number of likely N-dealkylation sites (tertiary alicyclic amines) is 1. The molecule has 0 saturated carbocycles. The molecule has 0 aliphatic carbocycles. The van der Waals surface area contributed by atoms with Crippen molar-refractivity contribution in [3.05, 3.63) is 0 Å². The van der Waals surface area contributed by atoms with Crippen molar-refractivity contribution in [3.8, 4) is 0 Å². The fourth-order valence-corrected chi connectivity index (χ4v) is 3.74. The van der Waals surface area contributed by atoms with Gasteiger partial charge in [0.1, 0.15) is 0 Å². The lowest BCUT2D eigenvalue weighted by Crippen LogP contribution is -2.48. The molecule has 0 bridgehead atoms. The van der Waals surface area contributed by atoms with E-state index in [-0.39, 0.29) is 0 Å². The largest absolute Gasteiger partial charge is 0.381 e. The van der Waals surface area contributed by atoms with E-state index in [0.717, 1.165) is 25.7 Å².